The van der Waals surface area contributed by atoms with Crippen LogP contribution in [0.25, 0.3) is 0 Å². The number of carbonyl (C=O) groups excluding carboxylic acids is 1. The third-order valence-corrected chi connectivity index (χ3v) is 1.68. The Morgan fingerprint density at radius 2 is 1.64 bits per heavy atom. The van der Waals surface area contributed by atoms with Crippen molar-refractivity contribution >= 4 is 5.91 Å². The van der Waals surface area contributed by atoms with Gasteiger partial charge in [0.05, 0.1) is 0 Å². The highest BCUT2D eigenvalue weighted by atomic mass is 19.2. The lowest BCUT2D eigenvalue weighted by Crippen LogP contribution is -2.29. The zero-order valence-electron chi connectivity index (χ0n) is 6.93. The summed E-state index contributed by atoms with van der Waals surface area (Å²) < 4.78 is 38.0. The summed E-state index contributed by atoms with van der Waals surface area (Å²) in [6, 6.07) is -0.654. The van der Waals surface area contributed by atoms with Crippen molar-refractivity contribution in [3.8, 4) is 0 Å². The number of benzene rings is 1. The Bertz CT molecular complexity index is 381. The van der Waals surface area contributed by atoms with Crippen molar-refractivity contribution < 1.29 is 18.0 Å². The van der Waals surface area contributed by atoms with Crippen molar-refractivity contribution in [3.63, 3.8) is 0 Å². The van der Waals surface area contributed by atoms with Crippen molar-refractivity contribution in [3.05, 3.63) is 35.1 Å². The van der Waals surface area contributed by atoms with E-state index in [9.17, 15) is 18.0 Å². The SMILES string of the molecule is NC(=O)C(N)c1cc(F)c(F)cc1F. The highest BCUT2D eigenvalue weighted by Gasteiger charge is 2.19. The smallest absolute Gasteiger partial charge is 0.239 e. The molecule has 6 heteroatoms. The molecule has 0 fully saturated rings. The van der Waals surface area contributed by atoms with Crippen LogP contribution in [0.2, 0.25) is 0 Å². The molecule has 0 spiro atoms. The Kier molecular flexibility index (Phi) is 2.76. The molecule has 1 rings (SSSR count). The predicted octanol–water partition coefficient (Wildman–Crippen LogP) is 0.589. The number of carbonyl (C=O) groups is 1. The standard InChI is InChI=1S/C8H7F3N2O/c9-4-2-6(11)5(10)1-3(4)7(12)8(13)14/h1-2,7H,12H2,(H2,13,14). The fraction of sp³-hybridized carbons (Fsp3) is 0.125. The van der Waals surface area contributed by atoms with Gasteiger partial charge >= 0.3 is 0 Å². The molecule has 14 heavy (non-hydrogen) atoms. The predicted molar refractivity (Wildman–Crippen MR) is 42.4 cm³/mol. The van der Waals surface area contributed by atoms with Gasteiger partial charge < -0.3 is 11.5 Å². The van der Waals surface area contributed by atoms with Gasteiger partial charge in [0.25, 0.3) is 0 Å². The molecule has 1 atom stereocenters. The zero-order chi connectivity index (χ0) is 10.9. The van der Waals surface area contributed by atoms with Gasteiger partial charge in [0.15, 0.2) is 11.6 Å². The number of primary amides is 1. The minimum absolute atomic E-state index is 0.313. The van der Waals surface area contributed by atoms with Gasteiger partial charge in [-0.25, -0.2) is 13.2 Å². The van der Waals surface area contributed by atoms with Gasteiger partial charge in [-0.05, 0) is 6.07 Å². The summed E-state index contributed by atoms with van der Waals surface area (Å²) in [7, 11) is 0. The first-order chi connectivity index (χ1) is 6.43. The van der Waals surface area contributed by atoms with E-state index in [1.807, 2.05) is 0 Å². The Hall–Kier alpha value is -1.56. The van der Waals surface area contributed by atoms with Crippen LogP contribution in [0, 0.1) is 17.5 Å². The fourth-order valence-electron chi connectivity index (χ4n) is 0.930. The highest BCUT2D eigenvalue weighted by molar-refractivity contribution is 5.81. The molecule has 1 aromatic carbocycles. The Morgan fingerprint density at radius 3 is 2.14 bits per heavy atom. The highest BCUT2D eigenvalue weighted by Crippen LogP contribution is 2.18. The fourth-order valence-corrected chi connectivity index (χ4v) is 0.930. The number of nitrogens with two attached hydrogens (primary N) is 2. The summed E-state index contributed by atoms with van der Waals surface area (Å²) >= 11 is 0. The topological polar surface area (TPSA) is 69.1 Å². The third kappa shape index (κ3) is 1.85. The van der Waals surface area contributed by atoms with E-state index >= 15 is 0 Å². The van der Waals surface area contributed by atoms with Crippen molar-refractivity contribution in [1.82, 2.24) is 0 Å². The normalized spacial score (nSPS) is 12.6. The van der Waals surface area contributed by atoms with Crippen LogP contribution >= 0.6 is 0 Å². The molecule has 1 aromatic rings. The van der Waals surface area contributed by atoms with Gasteiger partial charge in [-0.15, -0.1) is 0 Å². The lowest BCUT2D eigenvalue weighted by molar-refractivity contribution is -0.119. The van der Waals surface area contributed by atoms with Gasteiger partial charge in [-0.1, -0.05) is 0 Å². The number of amides is 1. The largest absolute Gasteiger partial charge is 0.368 e. The van der Waals surface area contributed by atoms with E-state index in [-0.39, 0.29) is 0 Å². The summed E-state index contributed by atoms with van der Waals surface area (Å²) in [5.74, 6) is -4.74. The molecule has 1 unspecified atom stereocenters. The summed E-state index contributed by atoms with van der Waals surface area (Å²) in [4.78, 5) is 10.6. The van der Waals surface area contributed by atoms with E-state index in [0.29, 0.717) is 12.1 Å². The average Bonchev–Trinajstić information content (AvgIpc) is 2.10. The van der Waals surface area contributed by atoms with Crippen LogP contribution < -0.4 is 11.5 Å². The molecule has 4 N–H and O–H groups in total. The molecule has 1 amide bonds. The first-order valence-corrected chi connectivity index (χ1v) is 3.63. The van der Waals surface area contributed by atoms with Crippen LogP contribution in [-0.4, -0.2) is 5.91 Å². The molecule has 0 aliphatic carbocycles. The van der Waals surface area contributed by atoms with E-state index in [1.54, 1.807) is 0 Å². The van der Waals surface area contributed by atoms with Crippen LogP contribution in [0.15, 0.2) is 12.1 Å². The van der Waals surface area contributed by atoms with Crippen molar-refractivity contribution in [2.75, 3.05) is 0 Å². The van der Waals surface area contributed by atoms with Gasteiger partial charge in [-0.2, -0.15) is 0 Å². The molecule has 0 heterocycles. The molecule has 0 aliphatic rings. The summed E-state index contributed by atoms with van der Waals surface area (Å²) in [6.45, 7) is 0. The summed E-state index contributed by atoms with van der Waals surface area (Å²) in [5.41, 5.74) is 9.47. The van der Waals surface area contributed by atoms with Crippen molar-refractivity contribution in [2.45, 2.75) is 6.04 Å². The van der Waals surface area contributed by atoms with Gasteiger partial charge in [0.1, 0.15) is 11.9 Å². The van der Waals surface area contributed by atoms with Crippen LogP contribution in [-0.2, 0) is 4.79 Å². The molecule has 0 saturated heterocycles. The maximum atomic E-state index is 12.9. The summed E-state index contributed by atoms with van der Waals surface area (Å²) in [6.07, 6.45) is 0. The molecule has 76 valence electrons. The number of halogens is 3. The Labute approximate surface area is 77.5 Å². The maximum absolute atomic E-state index is 12.9. The maximum Gasteiger partial charge on any atom is 0.239 e. The number of hydrogen-bond acceptors (Lipinski definition) is 2. The lowest BCUT2D eigenvalue weighted by Gasteiger charge is -2.08. The second kappa shape index (κ2) is 3.67. The van der Waals surface area contributed by atoms with Crippen LogP contribution in [0.4, 0.5) is 13.2 Å². The third-order valence-electron chi connectivity index (χ3n) is 1.68. The number of hydrogen-bond donors (Lipinski definition) is 2. The minimum Gasteiger partial charge on any atom is -0.368 e. The van der Waals surface area contributed by atoms with E-state index in [4.69, 9.17) is 11.5 Å². The van der Waals surface area contributed by atoms with E-state index in [1.165, 1.54) is 0 Å². The molecule has 0 saturated carbocycles. The molecule has 0 aliphatic heterocycles. The second-order valence-electron chi connectivity index (χ2n) is 2.67. The molecular formula is C8H7F3N2O. The molecule has 0 radical (unpaired) electrons. The quantitative estimate of drug-likeness (QED) is 0.692. The van der Waals surface area contributed by atoms with Crippen LogP contribution in [0.3, 0.4) is 0 Å². The summed E-state index contributed by atoms with van der Waals surface area (Å²) in [5, 5.41) is 0. The van der Waals surface area contributed by atoms with Gasteiger partial charge in [0.2, 0.25) is 5.91 Å². The minimum atomic E-state index is -1.48. The van der Waals surface area contributed by atoms with E-state index in [2.05, 4.69) is 0 Å². The zero-order valence-corrected chi connectivity index (χ0v) is 6.93. The van der Waals surface area contributed by atoms with Crippen molar-refractivity contribution in [2.24, 2.45) is 11.5 Å². The number of rotatable bonds is 2. The Balaban J connectivity index is 3.22. The molecule has 0 aromatic heterocycles. The van der Waals surface area contributed by atoms with Gasteiger partial charge in [-0.3, -0.25) is 4.79 Å². The monoisotopic (exact) mass is 204 g/mol. The van der Waals surface area contributed by atoms with Crippen LogP contribution in [0.1, 0.15) is 11.6 Å². The first-order valence-electron chi connectivity index (χ1n) is 3.63. The molecule has 3 nitrogen and oxygen atoms in total. The lowest BCUT2D eigenvalue weighted by atomic mass is 10.1. The van der Waals surface area contributed by atoms with E-state index in [0.717, 1.165) is 0 Å². The second-order valence-corrected chi connectivity index (χ2v) is 2.67. The van der Waals surface area contributed by atoms with Crippen molar-refractivity contribution in [1.29, 1.82) is 0 Å². The molecular weight excluding hydrogens is 197 g/mol. The Morgan fingerprint density at radius 1 is 1.14 bits per heavy atom. The van der Waals surface area contributed by atoms with E-state index < -0.39 is 35.0 Å². The van der Waals surface area contributed by atoms with Gasteiger partial charge in [0, 0.05) is 11.6 Å². The van der Waals surface area contributed by atoms with Crippen LogP contribution in [0.5, 0.6) is 0 Å². The average molecular weight is 204 g/mol. The molecule has 0 bridgehead atoms. The first kappa shape index (κ1) is 10.5.